The first-order valence-corrected chi connectivity index (χ1v) is 9.64. The topological polar surface area (TPSA) is 65.7 Å². The number of aromatic nitrogens is 5. The Labute approximate surface area is 173 Å². The quantitative estimate of drug-likeness (QED) is 0.434. The van der Waals surface area contributed by atoms with Crippen LogP contribution in [0, 0.1) is 0 Å². The Kier molecular flexibility index (Phi) is 4.65. The minimum absolute atomic E-state index is 0.429. The van der Waals surface area contributed by atoms with E-state index in [1.165, 1.54) is 0 Å². The van der Waals surface area contributed by atoms with Crippen molar-refractivity contribution in [1.82, 2.24) is 24.7 Å². The van der Waals surface area contributed by atoms with E-state index in [0.29, 0.717) is 12.5 Å². The van der Waals surface area contributed by atoms with E-state index in [1.54, 1.807) is 17.1 Å². The molecule has 0 aliphatic heterocycles. The van der Waals surface area contributed by atoms with E-state index in [9.17, 15) is 0 Å². The summed E-state index contributed by atoms with van der Waals surface area (Å²) in [5.41, 5.74) is 6.69. The summed E-state index contributed by atoms with van der Waals surface area (Å²) in [5, 5.41) is 4.45. The minimum atomic E-state index is 0.429. The molecule has 6 nitrogen and oxygen atoms in total. The number of nitrogens with zero attached hydrogens (tertiary/aromatic N) is 5. The first kappa shape index (κ1) is 18.0. The number of ether oxygens (including phenoxy) is 1. The predicted octanol–water partition coefficient (Wildman–Crippen LogP) is 4.67. The molecule has 0 amide bonds. The lowest BCUT2D eigenvalue weighted by atomic mass is 10.1. The summed E-state index contributed by atoms with van der Waals surface area (Å²) in [6.45, 7) is 0.429. The van der Waals surface area contributed by atoms with Gasteiger partial charge in [-0.1, -0.05) is 36.4 Å². The lowest BCUT2D eigenvalue weighted by molar-refractivity contribution is 0.292. The average molecular weight is 393 g/mol. The third-order valence-corrected chi connectivity index (χ3v) is 4.86. The molecule has 0 aliphatic carbocycles. The van der Waals surface area contributed by atoms with Crippen LogP contribution in [-0.2, 0) is 13.7 Å². The molecule has 0 N–H and O–H groups in total. The molecular formula is C24H19N5O. The Balaban J connectivity index is 1.33. The molecule has 0 atom stereocenters. The smallest absolute Gasteiger partial charge is 0.241 e. The van der Waals surface area contributed by atoms with Gasteiger partial charge in [-0.2, -0.15) is 0 Å². The Morgan fingerprint density at radius 1 is 0.867 bits per heavy atom. The van der Waals surface area contributed by atoms with Crippen molar-refractivity contribution in [2.24, 2.45) is 7.05 Å². The summed E-state index contributed by atoms with van der Waals surface area (Å²) in [5.74, 6) is 0.605. The maximum absolute atomic E-state index is 6.02. The van der Waals surface area contributed by atoms with Crippen molar-refractivity contribution in [1.29, 1.82) is 0 Å². The molecule has 2 aromatic carbocycles. The third kappa shape index (κ3) is 3.63. The van der Waals surface area contributed by atoms with Gasteiger partial charge >= 0.3 is 0 Å². The number of aryl methyl sites for hydroxylation is 1. The van der Waals surface area contributed by atoms with Crippen LogP contribution in [0.5, 0.6) is 5.88 Å². The van der Waals surface area contributed by atoms with Gasteiger partial charge in [0, 0.05) is 31.2 Å². The van der Waals surface area contributed by atoms with Crippen LogP contribution in [0.4, 0.5) is 0 Å². The van der Waals surface area contributed by atoms with Crippen LogP contribution in [0.3, 0.4) is 0 Å². The van der Waals surface area contributed by atoms with E-state index in [2.05, 4.69) is 15.1 Å². The molecule has 3 aromatic heterocycles. The second kappa shape index (κ2) is 7.75. The molecule has 5 aromatic rings. The fraction of sp³-hybridized carbons (Fsp3) is 0.0833. The lowest BCUT2D eigenvalue weighted by Crippen LogP contribution is -1.98. The predicted molar refractivity (Wildman–Crippen MR) is 116 cm³/mol. The number of para-hydroxylation sites is 2. The number of hydrogen-bond donors (Lipinski definition) is 0. The van der Waals surface area contributed by atoms with Crippen LogP contribution in [0.15, 0.2) is 85.5 Å². The molecule has 30 heavy (non-hydrogen) atoms. The van der Waals surface area contributed by atoms with Crippen LogP contribution < -0.4 is 4.74 Å². The highest BCUT2D eigenvalue weighted by Crippen LogP contribution is 2.29. The highest BCUT2D eigenvalue weighted by atomic mass is 16.5. The Morgan fingerprint density at radius 2 is 1.63 bits per heavy atom. The summed E-state index contributed by atoms with van der Waals surface area (Å²) < 4.78 is 7.78. The zero-order valence-electron chi connectivity index (χ0n) is 16.4. The second-order valence-corrected chi connectivity index (χ2v) is 6.99. The molecule has 5 rings (SSSR count). The van der Waals surface area contributed by atoms with Gasteiger partial charge in [-0.3, -0.25) is 14.6 Å². The normalized spacial score (nSPS) is 11.0. The van der Waals surface area contributed by atoms with Gasteiger partial charge in [-0.05, 0) is 35.4 Å². The first-order chi connectivity index (χ1) is 14.8. The molecule has 0 saturated heterocycles. The number of hydrogen-bond acceptors (Lipinski definition) is 5. The highest BCUT2D eigenvalue weighted by molar-refractivity contribution is 5.76. The molecule has 3 heterocycles. The van der Waals surface area contributed by atoms with Gasteiger partial charge in [0.15, 0.2) is 0 Å². The summed E-state index contributed by atoms with van der Waals surface area (Å²) in [6.07, 6.45) is 7.29. The maximum atomic E-state index is 6.02. The van der Waals surface area contributed by atoms with Crippen molar-refractivity contribution in [3.8, 4) is 28.3 Å². The van der Waals surface area contributed by atoms with Crippen molar-refractivity contribution < 1.29 is 4.74 Å². The van der Waals surface area contributed by atoms with Gasteiger partial charge in [0.25, 0.3) is 0 Å². The van der Waals surface area contributed by atoms with Crippen molar-refractivity contribution in [2.75, 3.05) is 0 Å². The second-order valence-electron chi connectivity index (χ2n) is 6.99. The molecule has 0 bridgehead atoms. The van der Waals surface area contributed by atoms with Crippen molar-refractivity contribution >= 4 is 11.0 Å². The maximum Gasteiger partial charge on any atom is 0.241 e. The monoisotopic (exact) mass is 393 g/mol. The van der Waals surface area contributed by atoms with Crippen molar-refractivity contribution in [2.45, 2.75) is 6.61 Å². The number of benzene rings is 2. The van der Waals surface area contributed by atoms with Crippen molar-refractivity contribution in [3.63, 3.8) is 0 Å². The minimum Gasteiger partial charge on any atom is -0.471 e. The summed E-state index contributed by atoms with van der Waals surface area (Å²) in [6, 6.07) is 19.9. The number of fused-ring (bicyclic) bond motifs is 1. The van der Waals surface area contributed by atoms with Crippen LogP contribution >= 0.6 is 0 Å². The Bertz CT molecular complexity index is 1300. The highest BCUT2D eigenvalue weighted by Gasteiger charge is 2.11. The van der Waals surface area contributed by atoms with Gasteiger partial charge in [-0.15, -0.1) is 5.10 Å². The van der Waals surface area contributed by atoms with E-state index < -0.39 is 0 Å². The third-order valence-electron chi connectivity index (χ3n) is 4.86. The molecule has 0 spiro atoms. The van der Waals surface area contributed by atoms with E-state index >= 15 is 0 Å². The molecule has 0 radical (unpaired) electrons. The Hall–Kier alpha value is -4.06. The van der Waals surface area contributed by atoms with Gasteiger partial charge in [-0.25, -0.2) is 4.98 Å². The van der Waals surface area contributed by atoms with E-state index in [1.807, 2.05) is 80.1 Å². The van der Waals surface area contributed by atoms with Gasteiger partial charge in [0.1, 0.15) is 6.61 Å². The van der Waals surface area contributed by atoms with E-state index in [0.717, 1.165) is 39.0 Å². The SMILES string of the molecule is Cn1cc(-c2ccncc2)c(OCc2ccc(-c3cnc4ccccc4n3)cc2)n1. The molecular weight excluding hydrogens is 374 g/mol. The number of pyridine rings is 1. The molecule has 0 unspecified atom stereocenters. The van der Waals surface area contributed by atoms with E-state index in [4.69, 9.17) is 9.72 Å². The zero-order valence-corrected chi connectivity index (χ0v) is 16.4. The van der Waals surface area contributed by atoms with Crippen LogP contribution in [0.1, 0.15) is 5.56 Å². The van der Waals surface area contributed by atoms with Crippen LogP contribution in [0.2, 0.25) is 0 Å². The number of rotatable bonds is 5. The van der Waals surface area contributed by atoms with E-state index in [-0.39, 0.29) is 0 Å². The molecule has 6 heteroatoms. The molecule has 0 aliphatic rings. The molecule has 0 saturated carbocycles. The van der Waals surface area contributed by atoms with Gasteiger partial charge < -0.3 is 4.74 Å². The van der Waals surface area contributed by atoms with Gasteiger partial charge in [0.2, 0.25) is 5.88 Å². The largest absolute Gasteiger partial charge is 0.471 e. The standard InChI is InChI=1S/C24H19N5O/c1-29-15-20(18-10-12-25-13-11-18)24(28-29)30-16-17-6-8-19(9-7-17)23-14-26-21-4-2-3-5-22(21)27-23/h2-15H,16H2,1H3. The summed E-state index contributed by atoms with van der Waals surface area (Å²) >= 11 is 0. The summed E-state index contributed by atoms with van der Waals surface area (Å²) in [7, 11) is 1.89. The zero-order chi connectivity index (χ0) is 20.3. The molecule has 0 fully saturated rings. The first-order valence-electron chi connectivity index (χ1n) is 9.64. The average Bonchev–Trinajstić information content (AvgIpc) is 3.19. The Morgan fingerprint density at radius 3 is 2.43 bits per heavy atom. The summed E-state index contributed by atoms with van der Waals surface area (Å²) in [4.78, 5) is 13.3. The fourth-order valence-electron chi connectivity index (χ4n) is 3.32. The van der Waals surface area contributed by atoms with Crippen molar-refractivity contribution in [3.05, 3.63) is 91.0 Å². The lowest BCUT2D eigenvalue weighted by Gasteiger charge is -2.07. The molecule has 146 valence electrons. The fourth-order valence-corrected chi connectivity index (χ4v) is 3.32. The van der Waals surface area contributed by atoms with Crippen LogP contribution in [0.25, 0.3) is 33.4 Å². The van der Waals surface area contributed by atoms with Crippen LogP contribution in [-0.4, -0.2) is 24.7 Å². The van der Waals surface area contributed by atoms with Gasteiger partial charge in [0.05, 0.1) is 28.5 Å².